The number of aromatic nitrogens is 2. The van der Waals surface area contributed by atoms with Crippen molar-refractivity contribution in [1.82, 2.24) is 20.0 Å². The summed E-state index contributed by atoms with van der Waals surface area (Å²) in [6, 6.07) is 0.771. The van der Waals surface area contributed by atoms with E-state index in [1.54, 1.807) is 4.68 Å². The number of rotatable bonds is 3. The zero-order valence-corrected chi connectivity index (χ0v) is 11.4. The summed E-state index contributed by atoms with van der Waals surface area (Å²) in [6.07, 6.45) is 5.15. The monoisotopic (exact) mass is 250 g/mol. The third kappa shape index (κ3) is 3.32. The number of hydrogen-bond acceptors (Lipinski definition) is 3. The molecule has 2 rings (SSSR count). The molecule has 1 aliphatic heterocycles. The lowest BCUT2D eigenvalue weighted by molar-refractivity contribution is -0.132. The Bertz CT molecular complexity index is 405. The first-order valence-corrected chi connectivity index (χ1v) is 6.56. The summed E-state index contributed by atoms with van der Waals surface area (Å²) in [5.41, 5.74) is 1.13. The maximum atomic E-state index is 12.1. The summed E-state index contributed by atoms with van der Waals surface area (Å²) >= 11 is 0. The molecule has 5 heteroatoms. The molecule has 1 amide bonds. The van der Waals surface area contributed by atoms with Crippen molar-refractivity contribution in [1.29, 1.82) is 0 Å². The normalized spacial score (nSPS) is 24.3. The van der Waals surface area contributed by atoms with Crippen LogP contribution in [-0.2, 0) is 18.3 Å². The number of hydrogen-bond donors (Lipinski definition) is 1. The highest BCUT2D eigenvalue weighted by Crippen LogP contribution is 2.08. The highest BCUT2D eigenvalue weighted by atomic mass is 16.2. The van der Waals surface area contributed by atoms with Crippen LogP contribution in [0.2, 0.25) is 0 Å². The second-order valence-corrected chi connectivity index (χ2v) is 5.29. The molecular weight excluding hydrogens is 228 g/mol. The predicted octanol–water partition coefficient (Wildman–Crippen LogP) is 0.561. The van der Waals surface area contributed by atoms with Gasteiger partial charge in [-0.1, -0.05) is 0 Å². The summed E-state index contributed by atoms with van der Waals surface area (Å²) in [5.74, 6) is 0.249. The van der Waals surface area contributed by atoms with Crippen molar-refractivity contribution in [2.75, 3.05) is 13.1 Å². The molecule has 1 aromatic heterocycles. The van der Waals surface area contributed by atoms with Crippen molar-refractivity contribution in [3.8, 4) is 0 Å². The van der Waals surface area contributed by atoms with Crippen molar-refractivity contribution in [2.24, 2.45) is 7.05 Å². The molecule has 0 saturated carbocycles. The molecule has 0 spiro atoms. The van der Waals surface area contributed by atoms with E-state index in [-0.39, 0.29) is 5.91 Å². The summed E-state index contributed by atoms with van der Waals surface area (Å²) in [7, 11) is 1.89. The fourth-order valence-corrected chi connectivity index (χ4v) is 2.54. The van der Waals surface area contributed by atoms with E-state index in [2.05, 4.69) is 24.3 Å². The van der Waals surface area contributed by atoms with Crippen LogP contribution in [0.1, 0.15) is 25.8 Å². The SMILES string of the molecule is C[C@@H]1CN(C(=O)CCc2cnn(C)c2)C[C@H](C)N1. The van der Waals surface area contributed by atoms with Crippen LogP contribution in [0.5, 0.6) is 0 Å². The van der Waals surface area contributed by atoms with E-state index in [4.69, 9.17) is 0 Å². The van der Waals surface area contributed by atoms with Crippen LogP contribution in [0.4, 0.5) is 0 Å². The molecule has 1 saturated heterocycles. The van der Waals surface area contributed by atoms with Crippen molar-refractivity contribution in [2.45, 2.75) is 38.8 Å². The molecular formula is C13H22N4O. The molecule has 0 aliphatic carbocycles. The molecule has 2 heterocycles. The molecule has 0 bridgehead atoms. The summed E-state index contributed by atoms with van der Waals surface area (Å²) < 4.78 is 1.77. The summed E-state index contributed by atoms with van der Waals surface area (Å²) in [6.45, 7) is 5.88. The first-order chi connectivity index (χ1) is 8.54. The molecule has 1 fully saturated rings. The van der Waals surface area contributed by atoms with Crippen molar-refractivity contribution >= 4 is 5.91 Å². The molecule has 100 valence electrons. The second kappa shape index (κ2) is 5.52. The number of carbonyl (C=O) groups is 1. The van der Waals surface area contributed by atoms with Gasteiger partial charge in [-0.25, -0.2) is 0 Å². The second-order valence-electron chi connectivity index (χ2n) is 5.29. The van der Waals surface area contributed by atoms with Crippen molar-refractivity contribution in [3.05, 3.63) is 18.0 Å². The maximum Gasteiger partial charge on any atom is 0.223 e. The van der Waals surface area contributed by atoms with Gasteiger partial charge >= 0.3 is 0 Å². The van der Waals surface area contributed by atoms with Gasteiger partial charge in [0, 0.05) is 44.8 Å². The van der Waals surface area contributed by atoms with E-state index < -0.39 is 0 Å². The van der Waals surface area contributed by atoms with E-state index in [1.165, 1.54) is 0 Å². The Morgan fingerprint density at radius 1 is 1.44 bits per heavy atom. The fraction of sp³-hybridized carbons (Fsp3) is 0.692. The zero-order valence-electron chi connectivity index (χ0n) is 11.4. The maximum absolute atomic E-state index is 12.1. The van der Waals surface area contributed by atoms with Crippen LogP contribution in [0.15, 0.2) is 12.4 Å². The van der Waals surface area contributed by atoms with Crippen LogP contribution in [0, 0.1) is 0 Å². The van der Waals surface area contributed by atoms with Gasteiger partial charge in [-0.2, -0.15) is 5.10 Å². The minimum atomic E-state index is 0.249. The Morgan fingerprint density at radius 3 is 2.67 bits per heavy atom. The topological polar surface area (TPSA) is 50.2 Å². The third-order valence-corrected chi connectivity index (χ3v) is 3.30. The van der Waals surface area contributed by atoms with Gasteiger partial charge in [-0.3, -0.25) is 9.48 Å². The number of aryl methyl sites for hydroxylation is 2. The smallest absolute Gasteiger partial charge is 0.223 e. The van der Waals surface area contributed by atoms with E-state index in [9.17, 15) is 4.79 Å². The van der Waals surface area contributed by atoms with Gasteiger partial charge < -0.3 is 10.2 Å². The molecule has 2 atom stereocenters. The van der Waals surface area contributed by atoms with Crippen molar-refractivity contribution < 1.29 is 4.79 Å². The van der Waals surface area contributed by atoms with E-state index in [1.807, 2.05) is 24.3 Å². The van der Waals surface area contributed by atoms with Crippen LogP contribution in [0.25, 0.3) is 0 Å². The molecule has 18 heavy (non-hydrogen) atoms. The molecule has 1 N–H and O–H groups in total. The van der Waals surface area contributed by atoms with E-state index in [0.717, 1.165) is 25.1 Å². The van der Waals surface area contributed by atoms with Gasteiger partial charge in [0.1, 0.15) is 0 Å². The van der Waals surface area contributed by atoms with Crippen LogP contribution in [0.3, 0.4) is 0 Å². The highest BCUT2D eigenvalue weighted by molar-refractivity contribution is 5.76. The van der Waals surface area contributed by atoms with E-state index >= 15 is 0 Å². The Hall–Kier alpha value is -1.36. The quantitative estimate of drug-likeness (QED) is 0.853. The first kappa shape index (κ1) is 13.1. The number of nitrogens with one attached hydrogen (secondary N) is 1. The molecule has 1 aliphatic rings. The summed E-state index contributed by atoms with van der Waals surface area (Å²) in [5, 5.41) is 7.55. The van der Waals surface area contributed by atoms with Gasteiger partial charge in [0.05, 0.1) is 6.20 Å². The van der Waals surface area contributed by atoms with E-state index in [0.29, 0.717) is 18.5 Å². The number of amides is 1. The summed E-state index contributed by atoms with van der Waals surface area (Å²) in [4.78, 5) is 14.1. The Labute approximate surface area is 108 Å². The number of nitrogens with zero attached hydrogens (tertiary/aromatic N) is 3. The minimum Gasteiger partial charge on any atom is -0.340 e. The van der Waals surface area contributed by atoms with Gasteiger partial charge in [0.15, 0.2) is 0 Å². The van der Waals surface area contributed by atoms with Gasteiger partial charge in [-0.15, -0.1) is 0 Å². The van der Waals surface area contributed by atoms with Gasteiger partial charge in [-0.05, 0) is 25.8 Å². The first-order valence-electron chi connectivity index (χ1n) is 6.56. The lowest BCUT2D eigenvalue weighted by Gasteiger charge is -2.36. The molecule has 0 unspecified atom stereocenters. The largest absolute Gasteiger partial charge is 0.340 e. The molecule has 1 aromatic rings. The lowest BCUT2D eigenvalue weighted by Crippen LogP contribution is -2.55. The lowest BCUT2D eigenvalue weighted by atomic mass is 10.1. The predicted molar refractivity (Wildman–Crippen MR) is 70.2 cm³/mol. The van der Waals surface area contributed by atoms with Gasteiger partial charge in [0.25, 0.3) is 0 Å². The number of piperazine rings is 1. The fourth-order valence-electron chi connectivity index (χ4n) is 2.54. The van der Waals surface area contributed by atoms with Crippen LogP contribution in [-0.4, -0.2) is 45.8 Å². The molecule has 5 nitrogen and oxygen atoms in total. The van der Waals surface area contributed by atoms with Crippen LogP contribution < -0.4 is 5.32 Å². The Morgan fingerprint density at radius 2 is 2.11 bits per heavy atom. The molecule has 0 radical (unpaired) electrons. The standard InChI is InChI=1S/C13H22N4O/c1-10-7-17(8-11(2)15-10)13(18)5-4-12-6-14-16(3)9-12/h6,9-11,15H,4-5,7-8H2,1-3H3/t10-,11+. The number of carbonyl (C=O) groups excluding carboxylic acids is 1. The average Bonchev–Trinajstić information content (AvgIpc) is 2.70. The minimum absolute atomic E-state index is 0.249. The van der Waals surface area contributed by atoms with Crippen molar-refractivity contribution in [3.63, 3.8) is 0 Å². The Kier molecular flexibility index (Phi) is 4.01. The third-order valence-electron chi connectivity index (χ3n) is 3.30. The molecule has 0 aromatic carbocycles. The Balaban J connectivity index is 1.84. The zero-order chi connectivity index (χ0) is 13.1. The average molecular weight is 250 g/mol. The highest BCUT2D eigenvalue weighted by Gasteiger charge is 2.24. The van der Waals surface area contributed by atoms with Crippen LogP contribution >= 0.6 is 0 Å². The van der Waals surface area contributed by atoms with Gasteiger partial charge in [0.2, 0.25) is 5.91 Å².